The van der Waals surface area contributed by atoms with Crippen LogP contribution < -0.4 is 4.72 Å². The van der Waals surface area contributed by atoms with Crippen LogP contribution in [0.5, 0.6) is 0 Å². The van der Waals surface area contributed by atoms with E-state index in [1.807, 2.05) is 31.0 Å². The number of aryl methyl sites for hydroxylation is 3. The van der Waals surface area contributed by atoms with Crippen LogP contribution in [-0.2, 0) is 28.9 Å². The van der Waals surface area contributed by atoms with Crippen LogP contribution in [0.1, 0.15) is 63.4 Å². The predicted molar refractivity (Wildman–Crippen MR) is 144 cm³/mol. The van der Waals surface area contributed by atoms with Crippen LogP contribution in [0.25, 0.3) is 10.9 Å². The van der Waals surface area contributed by atoms with E-state index in [1.54, 1.807) is 31.6 Å². The number of hydrogen-bond donors (Lipinski definition) is 1. The zero-order valence-corrected chi connectivity index (χ0v) is 23.5. The van der Waals surface area contributed by atoms with Crippen molar-refractivity contribution in [3.05, 3.63) is 41.3 Å². The molecule has 2 aromatic heterocycles. The second-order valence-electron chi connectivity index (χ2n) is 11.3. The molecule has 0 bridgehead atoms. The van der Waals surface area contributed by atoms with Gasteiger partial charge in [-0.05, 0) is 61.8 Å². The molecule has 1 aliphatic heterocycles. The first-order valence-electron chi connectivity index (χ1n) is 12.6. The zero-order chi connectivity index (χ0) is 26.6. The molecule has 1 fully saturated rings. The fraction of sp³-hybridized carbons (Fsp3) is 0.556. The smallest absolute Gasteiger partial charge is 0.265 e. The van der Waals surface area contributed by atoms with Crippen molar-refractivity contribution in [1.29, 1.82) is 0 Å². The highest BCUT2D eigenvalue weighted by Crippen LogP contribution is 2.37. The number of aromatic nitrogens is 3. The summed E-state index contributed by atoms with van der Waals surface area (Å²) in [6, 6.07) is 5.70. The third-order valence-electron chi connectivity index (χ3n) is 7.90. The van der Waals surface area contributed by atoms with Crippen molar-refractivity contribution in [3.8, 4) is 0 Å². The molecule has 0 saturated carbocycles. The lowest BCUT2D eigenvalue weighted by atomic mass is 9.80. The van der Waals surface area contributed by atoms with Gasteiger partial charge in [0.15, 0.2) is 0 Å². The normalized spacial score (nSPS) is 16.5. The first-order valence-corrected chi connectivity index (χ1v) is 14.1. The first-order chi connectivity index (χ1) is 16.7. The van der Waals surface area contributed by atoms with Crippen LogP contribution >= 0.6 is 0 Å². The van der Waals surface area contributed by atoms with Gasteiger partial charge in [0.05, 0.1) is 11.4 Å². The van der Waals surface area contributed by atoms with Gasteiger partial charge < -0.3 is 9.47 Å². The molecular weight excluding hydrogens is 474 g/mol. The minimum atomic E-state index is -3.77. The summed E-state index contributed by atoms with van der Waals surface area (Å²) in [4.78, 5) is 15.2. The van der Waals surface area contributed by atoms with Gasteiger partial charge in [0.25, 0.3) is 10.0 Å². The largest absolute Gasteiger partial charge is 0.350 e. The molecule has 0 radical (unpaired) electrons. The molecule has 3 aromatic rings. The highest BCUT2D eigenvalue weighted by atomic mass is 32.2. The third-order valence-corrected chi connectivity index (χ3v) is 9.53. The Hall–Kier alpha value is -2.81. The predicted octanol–water partition coefficient (Wildman–Crippen LogP) is 4.72. The van der Waals surface area contributed by atoms with E-state index in [0.29, 0.717) is 23.0 Å². The van der Waals surface area contributed by atoms with Gasteiger partial charge in [-0.15, -0.1) is 0 Å². The van der Waals surface area contributed by atoms with Crippen molar-refractivity contribution in [2.24, 2.45) is 25.4 Å². The summed E-state index contributed by atoms with van der Waals surface area (Å²) in [5.74, 6) is 0.531. The van der Waals surface area contributed by atoms with Gasteiger partial charge in [0.1, 0.15) is 4.90 Å². The number of benzene rings is 1. The van der Waals surface area contributed by atoms with E-state index in [1.165, 1.54) is 5.56 Å². The number of carbonyl (C=O) groups excluding carboxylic acids is 1. The van der Waals surface area contributed by atoms with Crippen molar-refractivity contribution in [3.63, 3.8) is 0 Å². The molecule has 1 aromatic carbocycles. The second kappa shape index (κ2) is 9.25. The minimum absolute atomic E-state index is 0.0192. The number of piperidine rings is 1. The number of likely N-dealkylation sites (tertiary alicyclic amines) is 1. The van der Waals surface area contributed by atoms with Crippen molar-refractivity contribution in [1.82, 2.24) is 19.2 Å². The van der Waals surface area contributed by atoms with Crippen LogP contribution in [0.15, 0.2) is 29.3 Å². The molecule has 1 saturated heterocycles. The maximum Gasteiger partial charge on any atom is 0.265 e. The highest BCUT2D eigenvalue weighted by molar-refractivity contribution is 7.92. The van der Waals surface area contributed by atoms with Crippen molar-refractivity contribution in [2.45, 2.75) is 65.2 Å². The number of fused-ring (bicyclic) bond motifs is 1. The molecular formula is C27H39N5O3S. The molecule has 36 heavy (non-hydrogen) atoms. The lowest BCUT2D eigenvalue weighted by Crippen LogP contribution is -2.43. The Morgan fingerprint density at radius 2 is 1.78 bits per heavy atom. The fourth-order valence-corrected chi connectivity index (χ4v) is 6.71. The molecule has 0 aliphatic carbocycles. The number of anilines is 1. The average Bonchev–Trinajstić information content (AvgIpc) is 3.26. The SMILES string of the molecule is Cc1nn(C)c(C)c1S(=O)(=O)Nc1ccc2c(c1)c(C1CCN(C(=O)[C@H](C)C(C)(C)C)CC1)cn2C. The number of carbonyl (C=O) groups is 1. The van der Waals surface area contributed by atoms with Crippen LogP contribution in [0.4, 0.5) is 5.69 Å². The lowest BCUT2D eigenvalue weighted by Gasteiger charge is -2.36. The van der Waals surface area contributed by atoms with Crippen LogP contribution in [-0.4, -0.2) is 46.7 Å². The molecule has 3 heterocycles. The van der Waals surface area contributed by atoms with Crippen molar-refractivity contribution >= 4 is 32.5 Å². The summed E-state index contributed by atoms with van der Waals surface area (Å²) in [5.41, 5.74) is 3.82. The van der Waals surface area contributed by atoms with E-state index in [2.05, 4.69) is 41.4 Å². The molecule has 1 aliphatic rings. The second-order valence-corrected chi connectivity index (χ2v) is 13.0. The van der Waals surface area contributed by atoms with E-state index >= 15 is 0 Å². The van der Waals surface area contributed by atoms with Crippen LogP contribution in [0, 0.1) is 25.2 Å². The molecule has 0 spiro atoms. The monoisotopic (exact) mass is 513 g/mol. The Bertz CT molecular complexity index is 1400. The molecule has 8 nitrogen and oxygen atoms in total. The summed E-state index contributed by atoms with van der Waals surface area (Å²) in [5, 5.41) is 5.30. The number of nitrogens with one attached hydrogen (secondary N) is 1. The molecule has 9 heteroatoms. The number of sulfonamides is 1. The topological polar surface area (TPSA) is 89.2 Å². The maximum atomic E-state index is 13.2. The number of amides is 1. The van der Waals surface area contributed by atoms with Gasteiger partial charge in [0.2, 0.25) is 5.91 Å². The molecule has 196 valence electrons. The lowest BCUT2D eigenvalue weighted by molar-refractivity contribution is -0.139. The summed E-state index contributed by atoms with van der Waals surface area (Å²) in [6.45, 7) is 13.3. The van der Waals surface area contributed by atoms with E-state index in [9.17, 15) is 13.2 Å². The third kappa shape index (κ3) is 4.77. The minimum Gasteiger partial charge on any atom is -0.350 e. The van der Waals surface area contributed by atoms with Gasteiger partial charge in [-0.25, -0.2) is 8.42 Å². The highest BCUT2D eigenvalue weighted by Gasteiger charge is 2.33. The average molecular weight is 514 g/mol. The number of nitrogens with zero attached hydrogens (tertiary/aromatic N) is 4. The number of rotatable bonds is 5. The Labute approximate surface area is 214 Å². The summed E-state index contributed by atoms with van der Waals surface area (Å²) < 4.78 is 32.9. The summed E-state index contributed by atoms with van der Waals surface area (Å²) in [7, 11) is -0.0169. The molecule has 1 amide bonds. The van der Waals surface area contributed by atoms with Gasteiger partial charge in [-0.2, -0.15) is 5.10 Å². The summed E-state index contributed by atoms with van der Waals surface area (Å²) >= 11 is 0. The van der Waals surface area contributed by atoms with Gasteiger partial charge in [-0.3, -0.25) is 14.2 Å². The Morgan fingerprint density at radius 1 is 1.14 bits per heavy atom. The molecule has 4 rings (SSSR count). The fourth-order valence-electron chi connectivity index (χ4n) is 5.22. The standard InChI is InChI=1S/C27H39N5O3S/c1-17(27(4,5)6)26(33)32-13-11-20(12-14-32)23-16-30(7)24-10-9-21(15-22(23)24)29-36(34,35)25-18(2)28-31(8)19(25)3/h9-10,15-17,20,29H,11-14H2,1-8H3/t17-/m0/s1. The molecule has 1 N–H and O–H groups in total. The Balaban J connectivity index is 1.57. The quantitative estimate of drug-likeness (QED) is 0.535. The first kappa shape index (κ1) is 26.3. The van der Waals surface area contributed by atoms with Gasteiger partial charge in [0, 0.05) is 55.9 Å². The maximum absolute atomic E-state index is 13.2. The summed E-state index contributed by atoms with van der Waals surface area (Å²) in [6.07, 6.45) is 3.94. The van der Waals surface area contributed by atoms with Crippen LogP contribution in [0.2, 0.25) is 0 Å². The Morgan fingerprint density at radius 3 is 2.33 bits per heavy atom. The van der Waals surface area contributed by atoms with Crippen molar-refractivity contribution < 1.29 is 13.2 Å². The van der Waals surface area contributed by atoms with Crippen molar-refractivity contribution in [2.75, 3.05) is 17.8 Å². The molecule has 0 unspecified atom stereocenters. The van der Waals surface area contributed by atoms with Gasteiger partial charge in [-0.1, -0.05) is 27.7 Å². The number of hydrogen-bond acceptors (Lipinski definition) is 4. The van der Waals surface area contributed by atoms with E-state index in [0.717, 1.165) is 36.8 Å². The van der Waals surface area contributed by atoms with E-state index in [4.69, 9.17) is 0 Å². The zero-order valence-electron chi connectivity index (χ0n) is 22.7. The Kier molecular flexibility index (Phi) is 6.75. The van der Waals surface area contributed by atoms with E-state index < -0.39 is 10.0 Å². The van der Waals surface area contributed by atoms with E-state index in [-0.39, 0.29) is 22.1 Å². The van der Waals surface area contributed by atoms with Gasteiger partial charge >= 0.3 is 0 Å². The van der Waals surface area contributed by atoms with Crippen LogP contribution in [0.3, 0.4) is 0 Å². The molecule has 1 atom stereocenters.